The second kappa shape index (κ2) is 12.3. The molecule has 2 saturated heterocycles. The molecule has 0 saturated carbocycles. The molecular formula is C19H28N4O9S. The van der Waals surface area contributed by atoms with E-state index in [1.807, 2.05) is 0 Å². The number of fused-ring (bicyclic) bond motifs is 1. The first-order valence-corrected chi connectivity index (χ1v) is 11.6. The lowest BCUT2D eigenvalue weighted by Gasteiger charge is -2.20. The zero-order valence-corrected chi connectivity index (χ0v) is 18.6. The lowest BCUT2D eigenvalue weighted by Crippen LogP contribution is -2.52. The smallest absolute Gasteiger partial charge is 0.326 e. The van der Waals surface area contributed by atoms with E-state index in [1.165, 1.54) is 0 Å². The summed E-state index contributed by atoms with van der Waals surface area (Å²) in [5.41, 5.74) is 0. The number of aliphatic carboxylic acids is 3. The number of carbonyl (C=O) groups excluding carboxylic acids is 3. The summed E-state index contributed by atoms with van der Waals surface area (Å²) >= 11 is 1.75. The van der Waals surface area contributed by atoms with E-state index in [0.717, 1.165) is 12.2 Å². The molecule has 4 amide bonds. The first-order valence-electron chi connectivity index (χ1n) is 10.5. The van der Waals surface area contributed by atoms with Crippen molar-refractivity contribution in [3.05, 3.63) is 0 Å². The van der Waals surface area contributed by atoms with Gasteiger partial charge in [-0.3, -0.25) is 19.2 Å². The zero-order chi connectivity index (χ0) is 24.5. The standard InChI is InChI=1S/C19H28N4O9S/c24-13(4-2-1-3-12-16-11(8-33-12)22-19(32)23-16)20-10(7-15(27)28)17(29)21-9(18(30)31)5-6-14(25)26/h9-12,16H,1-8H2,(H,20,24)(H,21,29)(H,25,26)(H,27,28)(H,30,31)(H2,22,23,32)/t9?,10?,11-,12-,16-/m0/s1. The van der Waals surface area contributed by atoms with Crippen LogP contribution < -0.4 is 21.3 Å². The van der Waals surface area contributed by atoms with Crippen molar-refractivity contribution < 1.29 is 44.1 Å². The van der Waals surface area contributed by atoms with Crippen molar-refractivity contribution in [2.24, 2.45) is 0 Å². The molecule has 184 valence electrons. The summed E-state index contributed by atoms with van der Waals surface area (Å²) < 4.78 is 0. The minimum atomic E-state index is -1.53. The predicted octanol–water partition coefficient (Wildman–Crippen LogP) is -0.894. The number of carbonyl (C=O) groups is 6. The molecule has 2 aliphatic heterocycles. The molecule has 14 heteroatoms. The van der Waals surface area contributed by atoms with Crippen molar-refractivity contribution in [2.45, 2.75) is 74.4 Å². The second-order valence-electron chi connectivity index (χ2n) is 7.92. The molecule has 0 aliphatic carbocycles. The lowest BCUT2D eigenvalue weighted by atomic mass is 10.0. The maximum Gasteiger partial charge on any atom is 0.326 e. The van der Waals surface area contributed by atoms with Crippen molar-refractivity contribution in [2.75, 3.05) is 5.75 Å². The number of hydrogen-bond acceptors (Lipinski definition) is 7. The lowest BCUT2D eigenvalue weighted by molar-refractivity contribution is -0.144. The van der Waals surface area contributed by atoms with Crippen molar-refractivity contribution in [1.29, 1.82) is 0 Å². The molecule has 0 spiro atoms. The van der Waals surface area contributed by atoms with Gasteiger partial charge in [-0.05, 0) is 19.3 Å². The maximum atomic E-state index is 12.4. The van der Waals surface area contributed by atoms with Crippen LogP contribution in [-0.2, 0) is 24.0 Å². The highest BCUT2D eigenvalue weighted by Crippen LogP contribution is 2.33. The van der Waals surface area contributed by atoms with Gasteiger partial charge in [0.1, 0.15) is 12.1 Å². The molecule has 33 heavy (non-hydrogen) atoms. The Balaban J connectivity index is 1.79. The summed E-state index contributed by atoms with van der Waals surface area (Å²) in [7, 11) is 0. The van der Waals surface area contributed by atoms with Crippen LogP contribution in [0.3, 0.4) is 0 Å². The summed E-state index contributed by atoms with van der Waals surface area (Å²) in [6, 6.07) is -3.03. The number of amides is 4. The molecule has 0 aromatic rings. The van der Waals surface area contributed by atoms with E-state index in [9.17, 15) is 28.8 Å². The molecule has 2 aliphatic rings. The summed E-state index contributed by atoms with van der Waals surface area (Å²) in [6.45, 7) is 0. The Bertz CT molecular complexity index is 793. The number of urea groups is 1. The normalized spacial score (nSPS) is 22.9. The second-order valence-corrected chi connectivity index (χ2v) is 9.19. The molecule has 0 aromatic carbocycles. The van der Waals surface area contributed by atoms with E-state index in [1.54, 1.807) is 11.8 Å². The van der Waals surface area contributed by atoms with Gasteiger partial charge in [0.25, 0.3) is 0 Å². The fraction of sp³-hybridized carbons (Fsp3) is 0.684. The number of unbranched alkanes of at least 4 members (excludes halogenated alkanes) is 1. The summed E-state index contributed by atoms with van der Waals surface area (Å²) in [5, 5.41) is 37.2. The first-order chi connectivity index (χ1) is 15.6. The SMILES string of the molecule is O=C(O)CCC(NC(=O)C(CC(=O)O)NC(=O)CCCC[C@@H]1SC[C@@H]2NC(=O)N[C@@H]21)C(=O)O. The molecule has 0 bridgehead atoms. The number of rotatable bonds is 14. The number of carboxylic acid groups (broad SMARTS) is 3. The van der Waals surface area contributed by atoms with Crippen LogP contribution in [0.2, 0.25) is 0 Å². The van der Waals surface area contributed by atoms with Gasteiger partial charge in [-0.2, -0.15) is 11.8 Å². The summed E-state index contributed by atoms with van der Waals surface area (Å²) in [4.78, 5) is 69.0. The largest absolute Gasteiger partial charge is 0.481 e. The maximum absolute atomic E-state index is 12.4. The van der Waals surface area contributed by atoms with Crippen LogP contribution in [0.25, 0.3) is 0 Å². The quantitative estimate of drug-likeness (QED) is 0.118. The van der Waals surface area contributed by atoms with Crippen LogP contribution >= 0.6 is 11.8 Å². The van der Waals surface area contributed by atoms with Crippen LogP contribution in [-0.4, -0.2) is 86.2 Å². The molecule has 2 heterocycles. The zero-order valence-electron chi connectivity index (χ0n) is 17.7. The Morgan fingerprint density at radius 1 is 0.970 bits per heavy atom. The number of hydrogen-bond donors (Lipinski definition) is 7. The van der Waals surface area contributed by atoms with Crippen LogP contribution in [0.1, 0.15) is 44.9 Å². The average Bonchev–Trinajstić information content (AvgIpc) is 3.26. The average molecular weight is 489 g/mol. The van der Waals surface area contributed by atoms with Crippen molar-refractivity contribution in [3.8, 4) is 0 Å². The summed E-state index contributed by atoms with van der Waals surface area (Å²) in [5.74, 6) is -4.82. The van der Waals surface area contributed by atoms with Crippen molar-refractivity contribution in [3.63, 3.8) is 0 Å². The molecule has 13 nitrogen and oxygen atoms in total. The Morgan fingerprint density at radius 2 is 1.70 bits per heavy atom. The number of nitrogens with one attached hydrogen (secondary N) is 4. The molecule has 0 aromatic heterocycles. The third-order valence-corrected chi connectivity index (χ3v) is 6.88. The van der Waals surface area contributed by atoms with E-state index >= 15 is 0 Å². The molecule has 2 fully saturated rings. The molecular weight excluding hydrogens is 460 g/mol. The summed E-state index contributed by atoms with van der Waals surface area (Å²) in [6.07, 6.45) is 0.354. The van der Waals surface area contributed by atoms with Gasteiger partial charge in [0.2, 0.25) is 11.8 Å². The Kier molecular flexibility index (Phi) is 9.75. The van der Waals surface area contributed by atoms with Gasteiger partial charge in [0.15, 0.2) is 0 Å². The minimum absolute atomic E-state index is 0.0425. The third kappa shape index (κ3) is 8.44. The van der Waals surface area contributed by atoms with E-state index in [0.29, 0.717) is 12.8 Å². The molecule has 2 rings (SSSR count). The van der Waals surface area contributed by atoms with Crippen LogP contribution in [0.15, 0.2) is 0 Å². The van der Waals surface area contributed by atoms with E-state index in [2.05, 4.69) is 21.3 Å². The molecule has 7 N–H and O–H groups in total. The predicted molar refractivity (Wildman–Crippen MR) is 115 cm³/mol. The minimum Gasteiger partial charge on any atom is -0.481 e. The van der Waals surface area contributed by atoms with E-state index in [-0.39, 0.29) is 36.2 Å². The van der Waals surface area contributed by atoms with E-state index in [4.69, 9.17) is 15.3 Å². The van der Waals surface area contributed by atoms with Gasteiger partial charge in [0.05, 0.1) is 18.5 Å². The molecule has 0 radical (unpaired) electrons. The first kappa shape index (κ1) is 26.2. The Morgan fingerprint density at radius 3 is 2.33 bits per heavy atom. The molecule has 2 unspecified atom stereocenters. The third-order valence-electron chi connectivity index (χ3n) is 5.37. The topological polar surface area (TPSA) is 211 Å². The van der Waals surface area contributed by atoms with Crippen LogP contribution in [0.4, 0.5) is 4.79 Å². The fourth-order valence-corrected chi connectivity index (χ4v) is 5.27. The van der Waals surface area contributed by atoms with Gasteiger partial charge >= 0.3 is 23.9 Å². The van der Waals surface area contributed by atoms with Crippen LogP contribution in [0, 0.1) is 0 Å². The molecule has 5 atom stereocenters. The van der Waals surface area contributed by atoms with Crippen molar-refractivity contribution >= 4 is 47.5 Å². The van der Waals surface area contributed by atoms with E-state index < -0.39 is 54.6 Å². The van der Waals surface area contributed by atoms with Gasteiger partial charge < -0.3 is 36.6 Å². The van der Waals surface area contributed by atoms with Gasteiger partial charge in [-0.1, -0.05) is 6.42 Å². The highest BCUT2D eigenvalue weighted by atomic mass is 32.2. The van der Waals surface area contributed by atoms with Crippen LogP contribution in [0.5, 0.6) is 0 Å². The van der Waals surface area contributed by atoms with Gasteiger partial charge in [0, 0.05) is 23.8 Å². The highest BCUT2D eigenvalue weighted by Gasteiger charge is 2.42. The Labute approximate surface area is 193 Å². The fourth-order valence-electron chi connectivity index (χ4n) is 3.72. The van der Waals surface area contributed by atoms with Gasteiger partial charge in [-0.25, -0.2) is 9.59 Å². The van der Waals surface area contributed by atoms with Crippen molar-refractivity contribution in [1.82, 2.24) is 21.3 Å². The monoisotopic (exact) mass is 488 g/mol. The number of thioether (sulfide) groups is 1. The highest BCUT2D eigenvalue weighted by molar-refractivity contribution is 8.00. The Hall–Kier alpha value is -3.03. The van der Waals surface area contributed by atoms with Gasteiger partial charge in [-0.15, -0.1) is 0 Å². The number of carboxylic acids is 3.